The normalized spacial score (nSPS) is 10.5. The van der Waals surface area contributed by atoms with Crippen LogP contribution in [-0.2, 0) is 4.74 Å². The van der Waals surface area contributed by atoms with Crippen molar-refractivity contribution >= 4 is 17.7 Å². The maximum atomic E-state index is 11.5. The molecule has 0 saturated carbocycles. The minimum Gasteiger partial charge on any atom is -0.493 e. The molecule has 0 aliphatic carbocycles. The van der Waals surface area contributed by atoms with E-state index in [9.17, 15) is 4.79 Å². The Bertz CT molecular complexity index is 801. The van der Waals surface area contributed by atoms with E-state index in [0.29, 0.717) is 34.8 Å². The number of aromatic nitrogens is 3. The van der Waals surface area contributed by atoms with Gasteiger partial charge in [0.25, 0.3) is 11.1 Å². The summed E-state index contributed by atoms with van der Waals surface area (Å²) in [5, 5.41) is 8.43. The summed E-state index contributed by atoms with van der Waals surface area (Å²) >= 11 is 1.40. The van der Waals surface area contributed by atoms with E-state index in [2.05, 4.69) is 19.9 Å². The standard InChI is InChI=1S/C16H15N3O4S/c1-21-15(20)11-4-2-5-12(10-11)22-8-9-24-16-19-18-14(23-16)13-6-3-7-17-13/h2-7,10,17H,8-9H2,1H3. The third-order valence-electron chi connectivity index (χ3n) is 3.07. The Kier molecular flexibility index (Phi) is 5.17. The van der Waals surface area contributed by atoms with Crippen molar-refractivity contribution in [1.29, 1.82) is 0 Å². The monoisotopic (exact) mass is 345 g/mol. The average Bonchev–Trinajstić information content (AvgIpc) is 3.29. The highest BCUT2D eigenvalue weighted by atomic mass is 32.2. The summed E-state index contributed by atoms with van der Waals surface area (Å²) in [6.45, 7) is 0.440. The van der Waals surface area contributed by atoms with Crippen LogP contribution in [0, 0.1) is 0 Å². The first-order valence-electron chi connectivity index (χ1n) is 7.17. The molecule has 0 unspecified atom stereocenters. The van der Waals surface area contributed by atoms with Crippen LogP contribution in [0.3, 0.4) is 0 Å². The molecule has 1 N–H and O–H groups in total. The van der Waals surface area contributed by atoms with Gasteiger partial charge >= 0.3 is 5.97 Å². The van der Waals surface area contributed by atoms with Gasteiger partial charge in [0.1, 0.15) is 11.4 Å². The molecule has 0 radical (unpaired) electrons. The first-order valence-corrected chi connectivity index (χ1v) is 8.16. The van der Waals surface area contributed by atoms with Gasteiger partial charge in [-0.25, -0.2) is 4.79 Å². The lowest BCUT2D eigenvalue weighted by atomic mass is 10.2. The van der Waals surface area contributed by atoms with Crippen molar-refractivity contribution < 1.29 is 18.7 Å². The number of benzene rings is 1. The first-order chi connectivity index (χ1) is 11.8. The fourth-order valence-electron chi connectivity index (χ4n) is 1.96. The summed E-state index contributed by atoms with van der Waals surface area (Å²) in [5.41, 5.74) is 1.24. The lowest BCUT2D eigenvalue weighted by Gasteiger charge is -2.06. The van der Waals surface area contributed by atoms with E-state index in [4.69, 9.17) is 9.15 Å². The van der Waals surface area contributed by atoms with E-state index in [1.54, 1.807) is 30.5 Å². The summed E-state index contributed by atoms with van der Waals surface area (Å²) in [7, 11) is 1.35. The number of aromatic amines is 1. The Balaban J connectivity index is 1.48. The highest BCUT2D eigenvalue weighted by molar-refractivity contribution is 7.99. The number of ether oxygens (including phenoxy) is 2. The van der Waals surface area contributed by atoms with E-state index in [1.165, 1.54) is 18.9 Å². The van der Waals surface area contributed by atoms with Crippen LogP contribution in [0.4, 0.5) is 0 Å². The second-order valence-electron chi connectivity index (χ2n) is 4.67. The second kappa shape index (κ2) is 7.69. The van der Waals surface area contributed by atoms with Gasteiger partial charge in [-0.3, -0.25) is 0 Å². The van der Waals surface area contributed by atoms with Crippen LogP contribution in [0.15, 0.2) is 52.2 Å². The summed E-state index contributed by atoms with van der Waals surface area (Å²) in [6.07, 6.45) is 1.79. The van der Waals surface area contributed by atoms with Gasteiger partial charge in [-0.1, -0.05) is 17.8 Å². The van der Waals surface area contributed by atoms with Crippen LogP contribution < -0.4 is 4.74 Å². The SMILES string of the molecule is COC(=O)c1cccc(OCCSc2nnc(-c3ccc[nH]3)o2)c1. The molecule has 0 amide bonds. The zero-order valence-corrected chi connectivity index (χ0v) is 13.7. The number of nitrogens with zero attached hydrogens (tertiary/aromatic N) is 2. The molecular formula is C16H15N3O4S. The number of thioether (sulfide) groups is 1. The van der Waals surface area contributed by atoms with Crippen molar-refractivity contribution in [2.24, 2.45) is 0 Å². The summed E-state index contributed by atoms with van der Waals surface area (Å²) in [6, 6.07) is 10.6. The number of nitrogens with one attached hydrogen (secondary N) is 1. The molecule has 2 heterocycles. The van der Waals surface area contributed by atoms with Crippen LogP contribution in [-0.4, -0.2) is 40.6 Å². The maximum absolute atomic E-state index is 11.5. The number of carbonyl (C=O) groups is 1. The molecule has 0 fully saturated rings. The Morgan fingerprint density at radius 2 is 2.21 bits per heavy atom. The summed E-state index contributed by atoms with van der Waals surface area (Å²) in [5.74, 6) is 1.30. The van der Waals surface area contributed by atoms with Gasteiger partial charge in [0.15, 0.2) is 0 Å². The Labute approximate surface area is 142 Å². The largest absolute Gasteiger partial charge is 0.493 e. The molecule has 3 aromatic rings. The lowest BCUT2D eigenvalue weighted by molar-refractivity contribution is 0.0600. The lowest BCUT2D eigenvalue weighted by Crippen LogP contribution is -2.03. The van der Waals surface area contributed by atoms with Crippen molar-refractivity contribution in [2.75, 3.05) is 19.5 Å². The first kappa shape index (κ1) is 16.1. The molecule has 124 valence electrons. The van der Waals surface area contributed by atoms with Gasteiger partial charge in [-0.2, -0.15) is 0 Å². The average molecular weight is 345 g/mol. The van der Waals surface area contributed by atoms with Crippen LogP contribution in [0.2, 0.25) is 0 Å². The fraction of sp³-hybridized carbons (Fsp3) is 0.188. The van der Waals surface area contributed by atoms with Crippen LogP contribution in [0.5, 0.6) is 5.75 Å². The topological polar surface area (TPSA) is 90.2 Å². The zero-order valence-electron chi connectivity index (χ0n) is 12.9. The minimum atomic E-state index is -0.391. The second-order valence-corrected chi connectivity index (χ2v) is 5.72. The van der Waals surface area contributed by atoms with E-state index >= 15 is 0 Å². The molecule has 7 nitrogen and oxygen atoms in total. The Morgan fingerprint density at radius 3 is 3.00 bits per heavy atom. The highest BCUT2D eigenvalue weighted by Crippen LogP contribution is 2.22. The van der Waals surface area contributed by atoms with Gasteiger partial charge in [0, 0.05) is 11.9 Å². The predicted molar refractivity (Wildman–Crippen MR) is 88.1 cm³/mol. The molecule has 0 aliphatic rings. The van der Waals surface area contributed by atoms with E-state index in [0.717, 1.165) is 5.69 Å². The number of esters is 1. The quantitative estimate of drug-likeness (QED) is 0.400. The predicted octanol–water partition coefficient (Wildman–Crippen LogP) is 3.02. The number of hydrogen-bond donors (Lipinski definition) is 1. The van der Waals surface area contributed by atoms with Gasteiger partial charge in [-0.05, 0) is 30.3 Å². The Morgan fingerprint density at radius 1 is 1.29 bits per heavy atom. The van der Waals surface area contributed by atoms with E-state index in [1.807, 2.05) is 12.1 Å². The van der Waals surface area contributed by atoms with Crippen molar-refractivity contribution in [3.63, 3.8) is 0 Å². The summed E-state index contributed by atoms with van der Waals surface area (Å²) < 4.78 is 15.8. The molecule has 0 spiro atoms. The molecule has 2 aromatic heterocycles. The zero-order chi connectivity index (χ0) is 16.8. The third-order valence-corrected chi connectivity index (χ3v) is 3.85. The number of hydrogen-bond acceptors (Lipinski definition) is 7. The molecule has 1 aromatic carbocycles. The van der Waals surface area contributed by atoms with Crippen molar-refractivity contribution in [2.45, 2.75) is 5.22 Å². The molecule has 8 heteroatoms. The van der Waals surface area contributed by atoms with E-state index < -0.39 is 5.97 Å². The summed E-state index contributed by atoms with van der Waals surface area (Å²) in [4.78, 5) is 14.5. The number of carbonyl (C=O) groups excluding carboxylic acids is 1. The van der Waals surface area contributed by atoms with E-state index in [-0.39, 0.29) is 0 Å². The van der Waals surface area contributed by atoms with Crippen molar-refractivity contribution in [3.05, 3.63) is 48.2 Å². The molecule has 0 saturated heterocycles. The molecule has 3 rings (SSSR count). The molecule has 24 heavy (non-hydrogen) atoms. The molecule has 0 aliphatic heterocycles. The number of H-pyrrole nitrogens is 1. The van der Waals surface area contributed by atoms with Crippen molar-refractivity contribution in [1.82, 2.24) is 15.2 Å². The molecular weight excluding hydrogens is 330 g/mol. The van der Waals surface area contributed by atoms with Crippen LogP contribution >= 0.6 is 11.8 Å². The number of methoxy groups -OCH3 is 1. The van der Waals surface area contributed by atoms with Gasteiger partial charge < -0.3 is 18.9 Å². The third kappa shape index (κ3) is 3.96. The molecule has 0 atom stereocenters. The van der Waals surface area contributed by atoms with Crippen LogP contribution in [0.25, 0.3) is 11.6 Å². The highest BCUT2D eigenvalue weighted by Gasteiger charge is 2.10. The van der Waals surface area contributed by atoms with Gasteiger partial charge in [0.2, 0.25) is 0 Å². The van der Waals surface area contributed by atoms with Crippen molar-refractivity contribution in [3.8, 4) is 17.3 Å². The molecule has 0 bridgehead atoms. The smallest absolute Gasteiger partial charge is 0.337 e. The fourth-order valence-corrected chi connectivity index (χ4v) is 2.54. The maximum Gasteiger partial charge on any atom is 0.337 e. The number of rotatable bonds is 7. The Hall–Kier alpha value is -2.74. The van der Waals surface area contributed by atoms with Gasteiger partial charge in [-0.15, -0.1) is 10.2 Å². The van der Waals surface area contributed by atoms with Crippen LogP contribution in [0.1, 0.15) is 10.4 Å². The minimum absolute atomic E-state index is 0.391. The van der Waals surface area contributed by atoms with Gasteiger partial charge in [0.05, 0.1) is 19.3 Å².